The van der Waals surface area contributed by atoms with Gasteiger partial charge in [-0.1, -0.05) is 18.2 Å². The molecule has 1 aromatic rings. The van der Waals surface area contributed by atoms with Gasteiger partial charge in [0.05, 0.1) is 12.3 Å². The summed E-state index contributed by atoms with van der Waals surface area (Å²) in [4.78, 5) is 4.12. The maximum absolute atomic E-state index is 11.2. The van der Waals surface area contributed by atoms with E-state index < -0.39 is 9.84 Å². The van der Waals surface area contributed by atoms with Gasteiger partial charge in [0.2, 0.25) is 0 Å². The Bertz CT molecular complexity index is 621. The zero-order valence-corrected chi connectivity index (χ0v) is 17.9. The van der Waals surface area contributed by atoms with Gasteiger partial charge in [0.15, 0.2) is 5.96 Å². The van der Waals surface area contributed by atoms with Crippen LogP contribution in [-0.2, 0) is 9.84 Å². The zero-order chi connectivity index (χ0) is 17.3. The molecule has 0 amide bonds. The van der Waals surface area contributed by atoms with Crippen molar-refractivity contribution in [3.63, 3.8) is 0 Å². The molecule has 6 nitrogen and oxygen atoms in total. The van der Waals surface area contributed by atoms with Gasteiger partial charge in [0, 0.05) is 19.3 Å². The van der Waals surface area contributed by atoms with Gasteiger partial charge in [-0.05, 0) is 31.9 Å². The van der Waals surface area contributed by atoms with Crippen molar-refractivity contribution in [3.05, 3.63) is 29.8 Å². The van der Waals surface area contributed by atoms with Crippen LogP contribution in [0.2, 0.25) is 0 Å². The lowest BCUT2D eigenvalue weighted by Gasteiger charge is -2.18. The highest BCUT2D eigenvalue weighted by Gasteiger charge is 2.09. The SMILES string of the molecule is CN=C(NCCOc1ccccc1C)NC(C)CCS(C)(=O)=O.I. The highest BCUT2D eigenvalue weighted by atomic mass is 127. The van der Waals surface area contributed by atoms with Crippen LogP contribution in [0.5, 0.6) is 5.75 Å². The van der Waals surface area contributed by atoms with Gasteiger partial charge in [0.25, 0.3) is 0 Å². The van der Waals surface area contributed by atoms with E-state index in [9.17, 15) is 8.42 Å². The fourth-order valence-electron chi connectivity index (χ4n) is 1.94. The van der Waals surface area contributed by atoms with E-state index in [1.807, 2.05) is 38.1 Å². The van der Waals surface area contributed by atoms with Crippen molar-refractivity contribution in [1.82, 2.24) is 10.6 Å². The van der Waals surface area contributed by atoms with Gasteiger partial charge in [-0.15, -0.1) is 24.0 Å². The minimum absolute atomic E-state index is 0. The summed E-state index contributed by atoms with van der Waals surface area (Å²) in [6, 6.07) is 7.89. The lowest BCUT2D eigenvalue weighted by molar-refractivity contribution is 0.319. The Morgan fingerprint density at radius 1 is 1.33 bits per heavy atom. The third-order valence-corrected chi connectivity index (χ3v) is 4.25. The van der Waals surface area contributed by atoms with Crippen LogP contribution in [0, 0.1) is 6.92 Å². The first-order chi connectivity index (χ1) is 10.8. The molecule has 8 heteroatoms. The molecule has 1 atom stereocenters. The van der Waals surface area contributed by atoms with Crippen LogP contribution in [0.25, 0.3) is 0 Å². The van der Waals surface area contributed by atoms with E-state index in [4.69, 9.17) is 4.74 Å². The summed E-state index contributed by atoms with van der Waals surface area (Å²) in [7, 11) is -1.26. The van der Waals surface area contributed by atoms with Crippen LogP contribution >= 0.6 is 24.0 Å². The predicted octanol–water partition coefficient (Wildman–Crippen LogP) is 1.98. The molecule has 0 bridgehead atoms. The number of hydrogen-bond acceptors (Lipinski definition) is 4. The van der Waals surface area contributed by atoms with Crippen LogP contribution in [-0.4, -0.2) is 52.6 Å². The van der Waals surface area contributed by atoms with E-state index in [2.05, 4.69) is 15.6 Å². The number of para-hydroxylation sites is 1. The van der Waals surface area contributed by atoms with Crippen LogP contribution in [0.1, 0.15) is 18.9 Å². The second-order valence-corrected chi connectivity index (χ2v) is 7.84. The summed E-state index contributed by atoms with van der Waals surface area (Å²) in [6.07, 6.45) is 1.79. The number of hydrogen-bond donors (Lipinski definition) is 2. The second kappa shape index (κ2) is 11.5. The lowest BCUT2D eigenvalue weighted by Crippen LogP contribution is -2.44. The molecule has 2 N–H and O–H groups in total. The monoisotopic (exact) mass is 469 g/mol. The summed E-state index contributed by atoms with van der Waals surface area (Å²) >= 11 is 0. The van der Waals surface area contributed by atoms with Crippen molar-refractivity contribution in [2.45, 2.75) is 26.3 Å². The molecule has 0 aliphatic carbocycles. The van der Waals surface area contributed by atoms with Crippen molar-refractivity contribution >= 4 is 39.8 Å². The van der Waals surface area contributed by atoms with Crippen molar-refractivity contribution in [3.8, 4) is 5.75 Å². The summed E-state index contributed by atoms with van der Waals surface area (Å²) in [5.74, 6) is 1.67. The molecule has 1 unspecified atom stereocenters. The van der Waals surface area contributed by atoms with E-state index in [1.54, 1.807) is 7.05 Å². The van der Waals surface area contributed by atoms with E-state index in [0.717, 1.165) is 11.3 Å². The largest absolute Gasteiger partial charge is 0.491 e. The minimum atomic E-state index is -2.94. The van der Waals surface area contributed by atoms with Gasteiger partial charge in [-0.3, -0.25) is 4.99 Å². The number of aryl methyl sites for hydroxylation is 1. The molecule has 24 heavy (non-hydrogen) atoms. The van der Waals surface area contributed by atoms with Crippen LogP contribution in [0.15, 0.2) is 29.3 Å². The molecule has 0 aliphatic heterocycles. The average Bonchev–Trinajstić information content (AvgIpc) is 2.49. The molecule has 0 fully saturated rings. The lowest BCUT2D eigenvalue weighted by atomic mass is 10.2. The van der Waals surface area contributed by atoms with Crippen molar-refractivity contribution in [1.29, 1.82) is 0 Å². The number of benzene rings is 1. The van der Waals surface area contributed by atoms with E-state index in [-0.39, 0.29) is 35.8 Å². The maximum atomic E-state index is 11.2. The summed E-state index contributed by atoms with van der Waals surface area (Å²) in [6.45, 7) is 5.06. The molecule has 1 aromatic carbocycles. The Morgan fingerprint density at radius 2 is 2.00 bits per heavy atom. The highest BCUT2D eigenvalue weighted by Crippen LogP contribution is 2.15. The molecule has 0 aliphatic rings. The van der Waals surface area contributed by atoms with E-state index >= 15 is 0 Å². The van der Waals surface area contributed by atoms with Crippen LogP contribution in [0.4, 0.5) is 0 Å². The molecule has 138 valence electrons. The predicted molar refractivity (Wildman–Crippen MR) is 110 cm³/mol. The molecule has 0 radical (unpaired) electrons. The molecule has 0 aromatic heterocycles. The quantitative estimate of drug-likeness (QED) is 0.264. The summed E-state index contributed by atoms with van der Waals surface area (Å²) in [5.41, 5.74) is 1.10. The molecular weight excluding hydrogens is 441 g/mol. The Kier molecular flexibility index (Phi) is 11.0. The molecular formula is C16H28IN3O3S. The Hall–Kier alpha value is -1.03. The second-order valence-electron chi connectivity index (χ2n) is 5.58. The Balaban J connectivity index is 0.00000529. The Morgan fingerprint density at radius 3 is 2.58 bits per heavy atom. The Labute approximate surface area is 162 Å². The number of nitrogens with one attached hydrogen (secondary N) is 2. The number of sulfone groups is 1. The molecule has 0 saturated carbocycles. The van der Waals surface area contributed by atoms with Crippen LogP contribution < -0.4 is 15.4 Å². The maximum Gasteiger partial charge on any atom is 0.191 e. The standard InChI is InChI=1S/C16H27N3O3S.HI/c1-13-7-5-6-8-15(13)22-11-10-18-16(17-3)19-14(2)9-12-23(4,20)21;/h5-8,14H,9-12H2,1-4H3,(H2,17,18,19);1H. The minimum Gasteiger partial charge on any atom is -0.491 e. The first kappa shape index (κ1) is 23.0. The number of aliphatic imine (C=N–C) groups is 1. The molecule has 0 spiro atoms. The number of nitrogens with zero attached hydrogens (tertiary/aromatic N) is 1. The summed E-state index contributed by atoms with van der Waals surface area (Å²) in [5, 5.41) is 6.32. The van der Waals surface area contributed by atoms with E-state index in [0.29, 0.717) is 25.5 Å². The zero-order valence-electron chi connectivity index (χ0n) is 14.7. The number of rotatable bonds is 8. The average molecular weight is 469 g/mol. The van der Waals surface area contributed by atoms with Crippen molar-refractivity contribution in [2.75, 3.05) is 32.2 Å². The molecule has 0 saturated heterocycles. The smallest absolute Gasteiger partial charge is 0.191 e. The first-order valence-electron chi connectivity index (χ1n) is 7.65. The summed E-state index contributed by atoms with van der Waals surface area (Å²) < 4.78 is 28.1. The van der Waals surface area contributed by atoms with Crippen molar-refractivity contribution < 1.29 is 13.2 Å². The topological polar surface area (TPSA) is 79.8 Å². The fourth-order valence-corrected chi connectivity index (χ4v) is 2.72. The number of ether oxygens (including phenoxy) is 1. The third kappa shape index (κ3) is 9.96. The highest BCUT2D eigenvalue weighted by molar-refractivity contribution is 14.0. The third-order valence-electron chi connectivity index (χ3n) is 3.27. The fraction of sp³-hybridized carbons (Fsp3) is 0.562. The number of halogens is 1. The van der Waals surface area contributed by atoms with Gasteiger partial charge >= 0.3 is 0 Å². The molecule has 1 rings (SSSR count). The van der Waals surface area contributed by atoms with Gasteiger partial charge < -0.3 is 15.4 Å². The van der Waals surface area contributed by atoms with Gasteiger partial charge in [-0.25, -0.2) is 8.42 Å². The van der Waals surface area contributed by atoms with Crippen molar-refractivity contribution in [2.24, 2.45) is 4.99 Å². The number of guanidine groups is 1. The van der Waals surface area contributed by atoms with Crippen LogP contribution in [0.3, 0.4) is 0 Å². The molecule has 0 heterocycles. The van der Waals surface area contributed by atoms with E-state index in [1.165, 1.54) is 6.26 Å². The van der Waals surface area contributed by atoms with Gasteiger partial charge in [-0.2, -0.15) is 0 Å². The first-order valence-corrected chi connectivity index (χ1v) is 9.71. The normalized spacial score (nSPS) is 12.9. The van der Waals surface area contributed by atoms with Gasteiger partial charge in [0.1, 0.15) is 22.2 Å².